The van der Waals surface area contributed by atoms with E-state index in [1.807, 2.05) is 18.2 Å². The predicted octanol–water partition coefficient (Wildman–Crippen LogP) is 6.78. The molecule has 31 heavy (non-hydrogen) atoms. The number of aromatic amines is 1. The second-order valence-corrected chi connectivity index (χ2v) is 7.51. The maximum atomic E-state index is 13.0. The van der Waals surface area contributed by atoms with Crippen molar-refractivity contribution in [2.24, 2.45) is 0 Å². The van der Waals surface area contributed by atoms with Crippen molar-refractivity contribution in [2.75, 3.05) is 5.32 Å². The highest BCUT2D eigenvalue weighted by Crippen LogP contribution is 2.35. The van der Waals surface area contributed by atoms with Gasteiger partial charge in [-0.3, -0.25) is 0 Å². The Morgan fingerprint density at radius 2 is 1.81 bits per heavy atom. The lowest BCUT2D eigenvalue weighted by molar-refractivity contribution is -0.137. The summed E-state index contributed by atoms with van der Waals surface area (Å²) in [7, 11) is 0. The second-order valence-electron chi connectivity index (χ2n) is 6.58. The molecule has 0 aliphatic carbocycles. The van der Waals surface area contributed by atoms with Crippen molar-refractivity contribution in [1.82, 2.24) is 18.7 Å². The highest BCUT2D eigenvalue weighted by molar-refractivity contribution is 7.00. The molecule has 11 heteroatoms. The maximum absolute atomic E-state index is 13.0. The van der Waals surface area contributed by atoms with Gasteiger partial charge in [-0.25, -0.2) is 4.98 Å². The first kappa shape index (κ1) is 19.6. The summed E-state index contributed by atoms with van der Waals surface area (Å²) in [4.78, 5) is 7.05. The van der Waals surface area contributed by atoms with E-state index in [2.05, 4.69) is 24.0 Å². The molecule has 5 rings (SSSR count). The van der Waals surface area contributed by atoms with E-state index in [0.29, 0.717) is 22.7 Å². The molecule has 0 saturated heterocycles. The minimum Gasteiger partial charge on any atom is -0.455 e. The van der Waals surface area contributed by atoms with Crippen LogP contribution in [-0.4, -0.2) is 18.7 Å². The van der Waals surface area contributed by atoms with Gasteiger partial charge in [0.1, 0.15) is 22.3 Å². The zero-order valence-electron chi connectivity index (χ0n) is 15.4. The monoisotopic (exact) mass is 461 g/mol. The molecule has 3 aromatic carbocycles. The summed E-state index contributed by atoms with van der Waals surface area (Å²) < 4.78 is 53.3. The van der Waals surface area contributed by atoms with Crippen molar-refractivity contribution in [2.45, 2.75) is 6.18 Å². The largest absolute Gasteiger partial charge is 0.455 e. The Labute approximate surface area is 182 Å². The fraction of sp³-hybridized carbons (Fsp3) is 0.0500. The lowest BCUT2D eigenvalue weighted by atomic mass is 10.2. The Hall–Kier alpha value is -3.37. The molecule has 2 aromatic heterocycles. The molecular formula is C20H11ClF3N5OS. The minimum absolute atomic E-state index is 0.0800. The van der Waals surface area contributed by atoms with E-state index < -0.39 is 11.7 Å². The van der Waals surface area contributed by atoms with Crippen molar-refractivity contribution in [3.8, 4) is 11.5 Å². The maximum Gasteiger partial charge on any atom is 0.416 e. The fourth-order valence-corrected chi connectivity index (χ4v) is 3.83. The molecule has 0 spiro atoms. The Bertz CT molecular complexity index is 1400. The first-order valence-corrected chi connectivity index (χ1v) is 10.0. The van der Waals surface area contributed by atoms with E-state index >= 15 is 0 Å². The van der Waals surface area contributed by atoms with Gasteiger partial charge in [-0.1, -0.05) is 17.7 Å². The van der Waals surface area contributed by atoms with Crippen LogP contribution in [0.2, 0.25) is 5.02 Å². The van der Waals surface area contributed by atoms with Crippen LogP contribution >= 0.6 is 23.3 Å². The molecular weight excluding hydrogens is 451 g/mol. The van der Waals surface area contributed by atoms with Gasteiger partial charge >= 0.3 is 6.18 Å². The summed E-state index contributed by atoms with van der Waals surface area (Å²) in [6, 6.07) is 14.3. The number of halogens is 4. The van der Waals surface area contributed by atoms with Gasteiger partial charge in [-0.05, 0) is 48.5 Å². The molecule has 0 bridgehead atoms. The summed E-state index contributed by atoms with van der Waals surface area (Å²) in [6.07, 6.45) is -4.49. The number of H-pyrrole nitrogens is 1. The molecule has 2 heterocycles. The summed E-state index contributed by atoms with van der Waals surface area (Å²) in [6.45, 7) is 0. The fourth-order valence-electron chi connectivity index (χ4n) is 3.03. The number of fused-ring (bicyclic) bond motifs is 2. The highest BCUT2D eigenvalue weighted by Gasteiger charge is 2.31. The van der Waals surface area contributed by atoms with Crippen LogP contribution in [0.4, 0.5) is 24.8 Å². The second kappa shape index (κ2) is 7.40. The van der Waals surface area contributed by atoms with E-state index in [4.69, 9.17) is 16.3 Å². The molecule has 0 unspecified atom stereocenters. The minimum atomic E-state index is -4.49. The number of aromatic nitrogens is 4. The summed E-state index contributed by atoms with van der Waals surface area (Å²) in [5, 5.41) is 2.93. The summed E-state index contributed by atoms with van der Waals surface area (Å²) in [5.74, 6) is 1.45. The molecule has 5 aromatic rings. The van der Waals surface area contributed by atoms with Crippen molar-refractivity contribution < 1.29 is 17.9 Å². The number of anilines is 2. The van der Waals surface area contributed by atoms with Crippen molar-refractivity contribution in [3.63, 3.8) is 0 Å². The van der Waals surface area contributed by atoms with Gasteiger partial charge in [-0.15, -0.1) is 0 Å². The molecule has 0 atom stereocenters. The number of hydrogen-bond donors (Lipinski definition) is 2. The Morgan fingerprint density at radius 3 is 2.58 bits per heavy atom. The number of hydrogen-bond acceptors (Lipinski definition) is 6. The van der Waals surface area contributed by atoms with E-state index in [9.17, 15) is 13.2 Å². The van der Waals surface area contributed by atoms with E-state index in [-0.39, 0.29) is 22.0 Å². The van der Waals surface area contributed by atoms with Gasteiger partial charge in [0.25, 0.3) is 0 Å². The van der Waals surface area contributed by atoms with Crippen LogP contribution in [-0.2, 0) is 6.18 Å². The Balaban J connectivity index is 1.36. The van der Waals surface area contributed by atoms with Crippen LogP contribution in [0.3, 0.4) is 0 Å². The Morgan fingerprint density at radius 1 is 1.00 bits per heavy atom. The molecule has 0 amide bonds. The normalized spacial score (nSPS) is 11.9. The van der Waals surface area contributed by atoms with Crippen molar-refractivity contribution in [1.29, 1.82) is 0 Å². The van der Waals surface area contributed by atoms with E-state index in [0.717, 1.165) is 29.4 Å². The van der Waals surface area contributed by atoms with Crippen molar-refractivity contribution >= 4 is 57.0 Å². The van der Waals surface area contributed by atoms with Crippen LogP contribution in [0, 0.1) is 0 Å². The van der Waals surface area contributed by atoms with E-state index in [1.165, 1.54) is 0 Å². The third kappa shape index (κ3) is 3.87. The highest BCUT2D eigenvalue weighted by atomic mass is 35.5. The molecule has 0 aliphatic heterocycles. The first-order chi connectivity index (χ1) is 14.9. The lowest BCUT2D eigenvalue weighted by Crippen LogP contribution is -2.04. The standard InChI is InChI=1S/C20H11ClF3N5OS/c21-13-8-10(20(22,23)24)9-15-17(13)27-19(26-15)25-11-4-6-12(7-5-11)30-16-3-1-2-14-18(16)29-31-28-14/h1-9H,(H2,25,26,27). The topological polar surface area (TPSA) is 75.7 Å². The molecule has 6 nitrogen and oxygen atoms in total. The van der Waals surface area contributed by atoms with Gasteiger partial charge in [-0.2, -0.15) is 21.9 Å². The van der Waals surface area contributed by atoms with E-state index in [1.54, 1.807) is 24.3 Å². The smallest absolute Gasteiger partial charge is 0.416 e. The average molecular weight is 462 g/mol. The van der Waals surface area contributed by atoms with Crippen LogP contribution in [0.15, 0.2) is 54.6 Å². The predicted molar refractivity (Wildman–Crippen MR) is 113 cm³/mol. The molecule has 0 fully saturated rings. The number of nitrogens with one attached hydrogen (secondary N) is 2. The SMILES string of the molecule is FC(F)(F)c1cc(Cl)c2nc(Nc3ccc(Oc4cccc5nsnc45)cc3)[nH]c2c1. The van der Waals surface area contributed by atoms with Gasteiger partial charge in [0.15, 0.2) is 5.75 Å². The molecule has 2 N–H and O–H groups in total. The number of nitrogens with zero attached hydrogens (tertiary/aromatic N) is 3. The molecule has 0 radical (unpaired) electrons. The van der Waals surface area contributed by atoms with Crippen LogP contribution in [0.5, 0.6) is 11.5 Å². The zero-order valence-corrected chi connectivity index (χ0v) is 16.9. The molecule has 156 valence electrons. The first-order valence-electron chi connectivity index (χ1n) is 8.89. The lowest BCUT2D eigenvalue weighted by Gasteiger charge is -2.07. The van der Waals surface area contributed by atoms with Gasteiger partial charge in [0, 0.05) is 5.69 Å². The summed E-state index contributed by atoms with van der Waals surface area (Å²) in [5.41, 5.74) is 1.71. The molecule has 0 aliphatic rings. The van der Waals surface area contributed by atoms with Crippen molar-refractivity contribution in [3.05, 3.63) is 65.2 Å². The third-order valence-electron chi connectivity index (χ3n) is 4.46. The molecule has 0 saturated carbocycles. The van der Waals surface area contributed by atoms with Gasteiger partial charge in [0.05, 0.1) is 27.8 Å². The number of alkyl halides is 3. The van der Waals surface area contributed by atoms with Gasteiger partial charge < -0.3 is 15.0 Å². The number of benzene rings is 3. The number of rotatable bonds is 4. The van der Waals surface area contributed by atoms with Gasteiger partial charge in [0.2, 0.25) is 5.95 Å². The van der Waals surface area contributed by atoms with Crippen LogP contribution in [0.1, 0.15) is 5.56 Å². The number of ether oxygens (including phenoxy) is 1. The average Bonchev–Trinajstić information content (AvgIpc) is 3.36. The third-order valence-corrected chi connectivity index (χ3v) is 5.29. The van der Waals surface area contributed by atoms with Crippen LogP contribution < -0.4 is 10.1 Å². The zero-order chi connectivity index (χ0) is 21.6. The van der Waals surface area contributed by atoms with Crippen LogP contribution in [0.25, 0.3) is 22.1 Å². The quantitative estimate of drug-likeness (QED) is 0.308. The summed E-state index contributed by atoms with van der Waals surface area (Å²) >= 11 is 7.09. The number of imidazole rings is 1. The Kier molecular flexibility index (Phi) is 4.67.